The standard InChI is InChI=1S/C28H30N4O3/c1-35-28(34)24-9-6-22(7-10-24)8-11-27(33)30-25-4-2-3-5-26(25)32-20-18-31(19-21-32)17-14-23-12-15-29-16-13-23/h2-13,15-16H,14,17-21H2,1H3,(H,30,33)/b11-8+. The van der Waals surface area contributed by atoms with Crippen molar-refractivity contribution in [2.24, 2.45) is 0 Å². The van der Waals surface area contributed by atoms with Gasteiger partial charge in [0.25, 0.3) is 0 Å². The Hall–Kier alpha value is -3.97. The van der Waals surface area contributed by atoms with Crippen LogP contribution in [0.3, 0.4) is 0 Å². The fourth-order valence-electron chi connectivity index (χ4n) is 4.10. The van der Waals surface area contributed by atoms with E-state index >= 15 is 0 Å². The highest BCUT2D eigenvalue weighted by Crippen LogP contribution is 2.26. The summed E-state index contributed by atoms with van der Waals surface area (Å²) < 4.78 is 4.71. The molecule has 0 unspecified atom stereocenters. The molecule has 1 saturated heterocycles. The zero-order chi connectivity index (χ0) is 24.5. The summed E-state index contributed by atoms with van der Waals surface area (Å²) in [4.78, 5) is 33.1. The Morgan fingerprint density at radius 3 is 2.40 bits per heavy atom. The van der Waals surface area contributed by atoms with E-state index in [1.165, 1.54) is 18.7 Å². The van der Waals surface area contributed by atoms with Gasteiger partial charge in [-0.2, -0.15) is 0 Å². The zero-order valence-corrected chi connectivity index (χ0v) is 19.9. The van der Waals surface area contributed by atoms with Gasteiger partial charge in [0.15, 0.2) is 0 Å². The van der Waals surface area contributed by atoms with E-state index in [0.717, 1.165) is 56.1 Å². The second-order valence-electron chi connectivity index (χ2n) is 8.39. The minimum Gasteiger partial charge on any atom is -0.465 e. The first-order valence-corrected chi connectivity index (χ1v) is 11.7. The molecule has 7 nitrogen and oxygen atoms in total. The molecule has 1 aliphatic heterocycles. The first-order valence-electron chi connectivity index (χ1n) is 11.7. The number of ether oxygens (including phenoxy) is 1. The van der Waals surface area contributed by atoms with Crippen molar-refractivity contribution in [3.8, 4) is 0 Å². The zero-order valence-electron chi connectivity index (χ0n) is 19.9. The number of methoxy groups -OCH3 is 1. The van der Waals surface area contributed by atoms with Gasteiger partial charge in [-0.15, -0.1) is 0 Å². The number of nitrogens with zero attached hydrogens (tertiary/aromatic N) is 3. The molecular weight excluding hydrogens is 440 g/mol. The number of anilines is 2. The molecule has 1 fully saturated rings. The Labute approximate surface area is 206 Å². The number of nitrogens with one attached hydrogen (secondary N) is 1. The molecule has 1 amide bonds. The number of esters is 1. The minimum absolute atomic E-state index is 0.203. The smallest absolute Gasteiger partial charge is 0.337 e. The molecule has 1 aliphatic rings. The van der Waals surface area contributed by atoms with Gasteiger partial charge >= 0.3 is 5.97 Å². The molecule has 180 valence electrons. The molecule has 35 heavy (non-hydrogen) atoms. The number of carbonyl (C=O) groups excluding carboxylic acids is 2. The first kappa shape index (κ1) is 24.2. The van der Waals surface area contributed by atoms with Gasteiger partial charge in [-0.1, -0.05) is 24.3 Å². The van der Waals surface area contributed by atoms with Crippen molar-refractivity contribution in [1.29, 1.82) is 0 Å². The lowest BCUT2D eigenvalue weighted by Crippen LogP contribution is -2.47. The molecule has 1 aromatic heterocycles. The van der Waals surface area contributed by atoms with E-state index < -0.39 is 0 Å². The summed E-state index contributed by atoms with van der Waals surface area (Å²) in [7, 11) is 1.35. The fraction of sp³-hybridized carbons (Fsp3) is 0.250. The molecule has 0 saturated carbocycles. The second-order valence-corrected chi connectivity index (χ2v) is 8.39. The van der Waals surface area contributed by atoms with Gasteiger partial charge in [0, 0.05) is 51.2 Å². The number of hydrogen-bond donors (Lipinski definition) is 1. The van der Waals surface area contributed by atoms with Crippen LogP contribution in [0.15, 0.2) is 79.1 Å². The quantitative estimate of drug-likeness (QED) is 0.398. The molecule has 2 aromatic carbocycles. The van der Waals surface area contributed by atoms with Crippen LogP contribution in [0.2, 0.25) is 0 Å². The number of hydrogen-bond acceptors (Lipinski definition) is 6. The second kappa shape index (κ2) is 11.9. The maximum Gasteiger partial charge on any atom is 0.337 e. The average Bonchev–Trinajstić information content (AvgIpc) is 2.92. The SMILES string of the molecule is COC(=O)c1ccc(/C=C/C(=O)Nc2ccccc2N2CCN(CCc3ccncc3)CC2)cc1. The Morgan fingerprint density at radius 2 is 1.69 bits per heavy atom. The normalized spacial score (nSPS) is 14.1. The summed E-state index contributed by atoms with van der Waals surface area (Å²) in [5.41, 5.74) is 4.44. The highest BCUT2D eigenvalue weighted by molar-refractivity contribution is 6.03. The third-order valence-electron chi connectivity index (χ3n) is 6.10. The molecule has 0 aliphatic carbocycles. The number of carbonyl (C=O) groups is 2. The maximum absolute atomic E-state index is 12.6. The molecule has 2 heterocycles. The third kappa shape index (κ3) is 6.77. The number of pyridine rings is 1. The number of amides is 1. The Bertz CT molecular complexity index is 1150. The van der Waals surface area contributed by atoms with Crippen molar-refractivity contribution >= 4 is 29.3 Å². The molecule has 3 aromatic rings. The molecule has 0 atom stereocenters. The van der Waals surface area contributed by atoms with Crippen molar-refractivity contribution in [2.75, 3.05) is 50.1 Å². The lowest BCUT2D eigenvalue weighted by molar-refractivity contribution is -0.111. The van der Waals surface area contributed by atoms with Gasteiger partial charge in [-0.05, 0) is 60.0 Å². The molecular formula is C28H30N4O3. The van der Waals surface area contributed by atoms with Crippen LogP contribution >= 0.6 is 0 Å². The van der Waals surface area contributed by atoms with Crippen molar-refractivity contribution in [2.45, 2.75) is 6.42 Å². The number of rotatable bonds is 8. The minimum atomic E-state index is -0.385. The van der Waals surface area contributed by atoms with E-state index in [1.807, 2.05) is 30.6 Å². The van der Waals surface area contributed by atoms with Gasteiger partial charge in [-0.25, -0.2) is 4.79 Å². The van der Waals surface area contributed by atoms with Crippen LogP contribution in [0.25, 0.3) is 6.08 Å². The summed E-state index contributed by atoms with van der Waals surface area (Å²) in [6.45, 7) is 4.81. The largest absolute Gasteiger partial charge is 0.465 e. The number of aromatic nitrogens is 1. The Morgan fingerprint density at radius 1 is 0.971 bits per heavy atom. The van der Waals surface area contributed by atoms with E-state index in [4.69, 9.17) is 4.74 Å². The van der Waals surface area contributed by atoms with Gasteiger partial charge < -0.3 is 15.0 Å². The first-order chi connectivity index (χ1) is 17.1. The third-order valence-corrected chi connectivity index (χ3v) is 6.10. The Balaban J connectivity index is 1.31. The molecule has 4 rings (SSSR count). The van der Waals surface area contributed by atoms with E-state index in [0.29, 0.717) is 5.56 Å². The topological polar surface area (TPSA) is 74.8 Å². The van der Waals surface area contributed by atoms with Crippen LogP contribution in [-0.2, 0) is 16.0 Å². The lowest BCUT2D eigenvalue weighted by atomic mass is 10.1. The highest BCUT2D eigenvalue weighted by atomic mass is 16.5. The predicted octanol–water partition coefficient (Wildman–Crippen LogP) is 3.88. The monoisotopic (exact) mass is 470 g/mol. The summed E-state index contributed by atoms with van der Waals surface area (Å²) in [6.07, 6.45) is 7.93. The molecule has 7 heteroatoms. The summed E-state index contributed by atoms with van der Waals surface area (Å²) in [6, 6.07) is 19.0. The molecule has 0 radical (unpaired) electrons. The van der Waals surface area contributed by atoms with Crippen molar-refractivity contribution in [3.63, 3.8) is 0 Å². The van der Waals surface area contributed by atoms with E-state index in [9.17, 15) is 9.59 Å². The maximum atomic E-state index is 12.6. The lowest BCUT2D eigenvalue weighted by Gasteiger charge is -2.37. The average molecular weight is 471 g/mol. The van der Waals surface area contributed by atoms with E-state index in [-0.39, 0.29) is 11.9 Å². The number of benzene rings is 2. The van der Waals surface area contributed by atoms with Crippen molar-refractivity contribution in [1.82, 2.24) is 9.88 Å². The fourth-order valence-corrected chi connectivity index (χ4v) is 4.10. The number of para-hydroxylation sites is 2. The van der Waals surface area contributed by atoms with Gasteiger partial charge in [-0.3, -0.25) is 14.7 Å². The van der Waals surface area contributed by atoms with Crippen LogP contribution in [0.5, 0.6) is 0 Å². The van der Waals surface area contributed by atoms with E-state index in [2.05, 4.69) is 38.3 Å². The molecule has 0 spiro atoms. The molecule has 0 bridgehead atoms. The van der Waals surface area contributed by atoms with Crippen LogP contribution in [0.1, 0.15) is 21.5 Å². The van der Waals surface area contributed by atoms with Gasteiger partial charge in [0.1, 0.15) is 0 Å². The summed E-state index contributed by atoms with van der Waals surface area (Å²) in [5.74, 6) is -0.588. The number of piperazine rings is 1. The van der Waals surface area contributed by atoms with Gasteiger partial charge in [0.2, 0.25) is 5.91 Å². The van der Waals surface area contributed by atoms with Crippen molar-refractivity contribution < 1.29 is 14.3 Å². The predicted molar refractivity (Wildman–Crippen MR) is 138 cm³/mol. The van der Waals surface area contributed by atoms with Crippen LogP contribution in [-0.4, -0.2) is 61.6 Å². The van der Waals surface area contributed by atoms with Gasteiger partial charge in [0.05, 0.1) is 24.0 Å². The van der Waals surface area contributed by atoms with E-state index in [1.54, 1.807) is 30.3 Å². The Kier molecular flexibility index (Phi) is 8.25. The van der Waals surface area contributed by atoms with Crippen molar-refractivity contribution in [3.05, 3.63) is 95.8 Å². The summed E-state index contributed by atoms with van der Waals surface area (Å²) >= 11 is 0. The highest BCUT2D eigenvalue weighted by Gasteiger charge is 2.19. The van der Waals surface area contributed by atoms with Crippen LogP contribution in [0.4, 0.5) is 11.4 Å². The summed E-state index contributed by atoms with van der Waals surface area (Å²) in [5, 5.41) is 3.01. The van der Waals surface area contributed by atoms with Crippen LogP contribution < -0.4 is 10.2 Å². The van der Waals surface area contributed by atoms with Crippen LogP contribution in [0, 0.1) is 0 Å². The molecule has 1 N–H and O–H groups in total.